The molecule has 0 aliphatic carbocycles. The van der Waals surface area contributed by atoms with E-state index < -0.39 is 0 Å². The number of hydrogen-bond acceptors (Lipinski definition) is 2. The van der Waals surface area contributed by atoms with E-state index in [1.807, 2.05) is 37.5 Å². The molecule has 3 nitrogen and oxygen atoms in total. The van der Waals surface area contributed by atoms with Gasteiger partial charge in [0.05, 0.1) is 5.52 Å². The number of halogens is 1. The normalized spacial score (nSPS) is 10.9. The van der Waals surface area contributed by atoms with E-state index in [4.69, 9.17) is 0 Å². The van der Waals surface area contributed by atoms with Crippen LogP contribution >= 0.6 is 15.9 Å². The van der Waals surface area contributed by atoms with Gasteiger partial charge in [0.1, 0.15) is 10.4 Å². The van der Waals surface area contributed by atoms with E-state index in [9.17, 15) is 0 Å². The molecule has 4 heteroatoms. The first-order chi connectivity index (χ1) is 8.25. The largest absolute Gasteiger partial charge is 0.301 e. The zero-order valence-electron chi connectivity index (χ0n) is 9.26. The van der Waals surface area contributed by atoms with Crippen LogP contribution in [0.15, 0.2) is 47.5 Å². The number of nitrogens with zero attached hydrogens (tertiary/aromatic N) is 3. The summed E-state index contributed by atoms with van der Waals surface area (Å²) in [6, 6.07) is 8.10. The lowest BCUT2D eigenvalue weighted by Gasteiger charge is -2.04. The highest BCUT2D eigenvalue weighted by Crippen LogP contribution is 2.24. The molecule has 84 valence electrons. The summed E-state index contributed by atoms with van der Waals surface area (Å²) in [5.41, 5.74) is 2.26. The van der Waals surface area contributed by atoms with Crippen LogP contribution in [0.3, 0.4) is 0 Å². The Kier molecular flexibility index (Phi) is 2.44. The van der Waals surface area contributed by atoms with Crippen molar-refractivity contribution in [3.05, 3.63) is 53.0 Å². The Bertz CT molecular complexity index is 671. The molecule has 0 bridgehead atoms. The van der Waals surface area contributed by atoms with Gasteiger partial charge in [0.2, 0.25) is 0 Å². The highest BCUT2D eigenvalue weighted by molar-refractivity contribution is 9.10. The Morgan fingerprint density at radius 1 is 1.12 bits per heavy atom. The summed E-state index contributed by atoms with van der Waals surface area (Å²) in [4.78, 5) is 8.64. The SMILES string of the molecule is Cc1ccc(-n2ccc3c(Br)nccc32)nc1. The monoisotopic (exact) mass is 287 g/mol. The van der Waals surface area contributed by atoms with E-state index in [2.05, 4.69) is 36.5 Å². The molecule has 0 aromatic carbocycles. The molecule has 0 unspecified atom stereocenters. The lowest BCUT2D eigenvalue weighted by atomic mass is 10.3. The Morgan fingerprint density at radius 2 is 2.00 bits per heavy atom. The summed E-state index contributed by atoms with van der Waals surface area (Å²) < 4.78 is 2.92. The van der Waals surface area contributed by atoms with Gasteiger partial charge in [0, 0.05) is 24.0 Å². The summed E-state index contributed by atoms with van der Waals surface area (Å²) in [6.45, 7) is 2.03. The van der Waals surface area contributed by atoms with Crippen molar-refractivity contribution in [2.24, 2.45) is 0 Å². The van der Waals surface area contributed by atoms with E-state index >= 15 is 0 Å². The van der Waals surface area contributed by atoms with Crippen molar-refractivity contribution in [2.75, 3.05) is 0 Å². The van der Waals surface area contributed by atoms with Gasteiger partial charge < -0.3 is 4.57 Å². The topological polar surface area (TPSA) is 30.7 Å². The molecular formula is C13H10BrN3. The van der Waals surface area contributed by atoms with E-state index in [-0.39, 0.29) is 0 Å². The lowest BCUT2D eigenvalue weighted by Crippen LogP contribution is -1.95. The minimum atomic E-state index is 0.862. The van der Waals surface area contributed by atoms with Crippen molar-refractivity contribution in [3.63, 3.8) is 0 Å². The van der Waals surface area contributed by atoms with E-state index in [1.165, 1.54) is 0 Å². The fourth-order valence-corrected chi connectivity index (χ4v) is 2.29. The molecule has 3 aromatic rings. The molecule has 0 aliphatic rings. The van der Waals surface area contributed by atoms with Crippen LogP contribution in [-0.2, 0) is 0 Å². The highest BCUT2D eigenvalue weighted by atomic mass is 79.9. The molecule has 0 spiro atoms. The van der Waals surface area contributed by atoms with Gasteiger partial charge in [-0.2, -0.15) is 0 Å². The fraction of sp³-hybridized carbons (Fsp3) is 0.0769. The van der Waals surface area contributed by atoms with Crippen molar-refractivity contribution in [1.82, 2.24) is 14.5 Å². The number of fused-ring (bicyclic) bond motifs is 1. The minimum Gasteiger partial charge on any atom is -0.301 e. The standard InChI is InChI=1S/C13H10BrN3/c1-9-2-3-12(16-8-9)17-7-5-10-11(17)4-6-15-13(10)14/h2-8H,1H3. The molecule has 3 rings (SSSR count). The maximum atomic E-state index is 4.43. The van der Waals surface area contributed by atoms with Crippen LogP contribution < -0.4 is 0 Å². The molecule has 0 N–H and O–H groups in total. The zero-order chi connectivity index (χ0) is 11.8. The molecule has 0 radical (unpaired) electrons. The summed E-state index contributed by atoms with van der Waals surface area (Å²) in [6.07, 6.45) is 5.67. The highest BCUT2D eigenvalue weighted by Gasteiger charge is 2.06. The lowest BCUT2D eigenvalue weighted by molar-refractivity contribution is 1.03. The number of aromatic nitrogens is 3. The van der Waals surface area contributed by atoms with Crippen molar-refractivity contribution < 1.29 is 0 Å². The van der Waals surface area contributed by atoms with Crippen LogP contribution in [-0.4, -0.2) is 14.5 Å². The summed E-state index contributed by atoms with van der Waals surface area (Å²) in [7, 11) is 0. The van der Waals surface area contributed by atoms with E-state index in [1.54, 1.807) is 6.20 Å². The molecule has 3 aromatic heterocycles. The number of hydrogen-bond donors (Lipinski definition) is 0. The van der Waals surface area contributed by atoms with Gasteiger partial charge in [-0.3, -0.25) is 0 Å². The molecule has 17 heavy (non-hydrogen) atoms. The second kappa shape index (κ2) is 3.96. The van der Waals surface area contributed by atoms with Gasteiger partial charge in [-0.1, -0.05) is 6.07 Å². The summed E-state index contributed by atoms with van der Waals surface area (Å²) in [5, 5.41) is 1.09. The molecule has 0 atom stereocenters. The van der Waals surface area contributed by atoms with Gasteiger partial charge in [-0.25, -0.2) is 9.97 Å². The molecule has 3 heterocycles. The number of aryl methyl sites for hydroxylation is 1. The van der Waals surface area contributed by atoms with Crippen LogP contribution in [0.25, 0.3) is 16.7 Å². The Labute approximate surface area is 107 Å². The smallest absolute Gasteiger partial charge is 0.137 e. The molecule has 0 amide bonds. The van der Waals surface area contributed by atoms with Crippen molar-refractivity contribution in [3.8, 4) is 5.82 Å². The maximum absolute atomic E-state index is 4.43. The molecular weight excluding hydrogens is 278 g/mol. The first-order valence-corrected chi connectivity index (χ1v) is 6.09. The van der Waals surface area contributed by atoms with Crippen LogP contribution in [0.4, 0.5) is 0 Å². The third-order valence-corrected chi connectivity index (χ3v) is 3.34. The average Bonchev–Trinajstić information content (AvgIpc) is 2.75. The first-order valence-electron chi connectivity index (χ1n) is 5.30. The third kappa shape index (κ3) is 1.74. The predicted molar refractivity (Wildman–Crippen MR) is 71.3 cm³/mol. The van der Waals surface area contributed by atoms with Crippen molar-refractivity contribution >= 4 is 26.8 Å². The first kappa shape index (κ1) is 10.5. The number of rotatable bonds is 1. The average molecular weight is 288 g/mol. The fourth-order valence-electron chi connectivity index (χ4n) is 1.83. The summed E-state index contributed by atoms with van der Waals surface area (Å²) >= 11 is 3.45. The van der Waals surface area contributed by atoms with Crippen LogP contribution in [0, 0.1) is 6.92 Å². The van der Waals surface area contributed by atoms with Gasteiger partial charge in [0.15, 0.2) is 0 Å². The van der Waals surface area contributed by atoms with E-state index in [0.29, 0.717) is 0 Å². The van der Waals surface area contributed by atoms with Gasteiger partial charge in [0.25, 0.3) is 0 Å². The molecule has 0 fully saturated rings. The Morgan fingerprint density at radius 3 is 2.76 bits per heavy atom. The second-order valence-electron chi connectivity index (χ2n) is 3.91. The van der Waals surface area contributed by atoms with Crippen molar-refractivity contribution in [2.45, 2.75) is 6.92 Å². The zero-order valence-corrected chi connectivity index (χ0v) is 10.8. The quantitative estimate of drug-likeness (QED) is 0.642. The number of pyridine rings is 2. The molecule has 0 saturated carbocycles. The molecule has 0 aliphatic heterocycles. The van der Waals surface area contributed by atoms with Gasteiger partial charge in [-0.15, -0.1) is 0 Å². The van der Waals surface area contributed by atoms with Gasteiger partial charge in [-0.05, 0) is 46.6 Å². The minimum absolute atomic E-state index is 0.862. The maximum Gasteiger partial charge on any atom is 0.137 e. The Balaban J connectivity index is 2.24. The summed E-state index contributed by atoms with van der Waals surface area (Å²) in [5.74, 6) is 0.920. The van der Waals surface area contributed by atoms with Crippen LogP contribution in [0.1, 0.15) is 5.56 Å². The predicted octanol–water partition coefficient (Wildman–Crippen LogP) is 3.49. The van der Waals surface area contributed by atoms with Gasteiger partial charge >= 0.3 is 0 Å². The molecule has 0 saturated heterocycles. The van der Waals surface area contributed by atoms with Crippen LogP contribution in [0.5, 0.6) is 0 Å². The van der Waals surface area contributed by atoms with E-state index in [0.717, 1.165) is 26.9 Å². The third-order valence-electron chi connectivity index (χ3n) is 2.71. The van der Waals surface area contributed by atoms with Crippen molar-refractivity contribution in [1.29, 1.82) is 0 Å². The van der Waals surface area contributed by atoms with Crippen LogP contribution in [0.2, 0.25) is 0 Å². The second-order valence-corrected chi connectivity index (χ2v) is 4.67. The Hall–Kier alpha value is -1.68.